The van der Waals surface area contributed by atoms with E-state index < -0.39 is 25.6 Å². The standard InChI is InChI=1S/C20H28O5Si/c1-14-16(12-24-13-18(21)25-20(2,3)4)10-15(8-9-26(5,6)7)11-17(14)19(22)23/h10-11H,12-13H2,1-7H3,(H,22,23). The first-order chi connectivity index (χ1) is 11.8. The van der Waals surface area contributed by atoms with Crippen molar-refractivity contribution in [3.63, 3.8) is 0 Å². The van der Waals surface area contributed by atoms with E-state index in [2.05, 4.69) is 31.1 Å². The molecule has 1 aromatic rings. The van der Waals surface area contributed by atoms with Crippen LogP contribution in [-0.2, 0) is 20.9 Å². The third kappa shape index (κ3) is 7.85. The van der Waals surface area contributed by atoms with Gasteiger partial charge >= 0.3 is 11.9 Å². The van der Waals surface area contributed by atoms with Gasteiger partial charge in [-0.3, -0.25) is 0 Å². The number of carboxylic acids is 1. The van der Waals surface area contributed by atoms with Crippen LogP contribution in [-0.4, -0.2) is 37.3 Å². The van der Waals surface area contributed by atoms with Crippen molar-refractivity contribution in [3.8, 4) is 11.5 Å². The van der Waals surface area contributed by atoms with Gasteiger partial charge in [0.2, 0.25) is 0 Å². The first-order valence-corrected chi connectivity index (χ1v) is 12.0. The lowest BCUT2D eigenvalue weighted by Gasteiger charge is -2.19. The molecule has 0 aliphatic carbocycles. The second kappa shape index (κ2) is 8.52. The molecule has 0 aliphatic heterocycles. The van der Waals surface area contributed by atoms with Crippen LogP contribution in [0.5, 0.6) is 0 Å². The molecule has 0 saturated carbocycles. The smallest absolute Gasteiger partial charge is 0.336 e. The van der Waals surface area contributed by atoms with Crippen LogP contribution in [0.15, 0.2) is 12.1 Å². The van der Waals surface area contributed by atoms with Crippen LogP contribution in [0.1, 0.15) is 47.8 Å². The minimum atomic E-state index is -1.58. The zero-order valence-electron chi connectivity index (χ0n) is 16.6. The summed E-state index contributed by atoms with van der Waals surface area (Å²) in [7, 11) is -1.58. The van der Waals surface area contributed by atoms with Crippen molar-refractivity contribution in [2.75, 3.05) is 6.61 Å². The van der Waals surface area contributed by atoms with Crippen molar-refractivity contribution in [1.29, 1.82) is 0 Å². The summed E-state index contributed by atoms with van der Waals surface area (Å²) < 4.78 is 10.6. The summed E-state index contributed by atoms with van der Waals surface area (Å²) in [4.78, 5) is 23.2. The van der Waals surface area contributed by atoms with Crippen LogP contribution in [0.4, 0.5) is 0 Å². The molecule has 26 heavy (non-hydrogen) atoms. The van der Waals surface area contributed by atoms with E-state index in [0.29, 0.717) is 16.7 Å². The van der Waals surface area contributed by atoms with Gasteiger partial charge in [-0.1, -0.05) is 25.6 Å². The quantitative estimate of drug-likeness (QED) is 0.481. The van der Waals surface area contributed by atoms with Gasteiger partial charge in [0.05, 0.1) is 12.2 Å². The third-order valence-corrected chi connectivity index (χ3v) is 4.10. The zero-order valence-corrected chi connectivity index (χ0v) is 17.6. The minimum Gasteiger partial charge on any atom is -0.478 e. The number of hydrogen-bond acceptors (Lipinski definition) is 4. The number of aromatic carboxylic acids is 1. The lowest BCUT2D eigenvalue weighted by atomic mass is 9.99. The van der Waals surface area contributed by atoms with Crippen molar-refractivity contribution in [2.45, 2.75) is 59.5 Å². The summed E-state index contributed by atoms with van der Waals surface area (Å²) >= 11 is 0. The maximum Gasteiger partial charge on any atom is 0.336 e. The number of hydrogen-bond donors (Lipinski definition) is 1. The molecule has 0 spiro atoms. The minimum absolute atomic E-state index is 0.119. The van der Waals surface area contributed by atoms with Gasteiger partial charge in [-0.25, -0.2) is 9.59 Å². The number of ether oxygens (including phenoxy) is 2. The molecule has 0 fully saturated rings. The van der Waals surface area contributed by atoms with E-state index in [1.165, 1.54) is 0 Å². The maximum atomic E-state index is 11.7. The Morgan fingerprint density at radius 2 is 1.81 bits per heavy atom. The van der Waals surface area contributed by atoms with E-state index in [9.17, 15) is 14.7 Å². The number of esters is 1. The van der Waals surface area contributed by atoms with E-state index >= 15 is 0 Å². The predicted molar refractivity (Wildman–Crippen MR) is 104 cm³/mol. The molecule has 0 saturated heterocycles. The Morgan fingerprint density at radius 1 is 1.19 bits per heavy atom. The first-order valence-electron chi connectivity index (χ1n) is 8.48. The fourth-order valence-corrected chi connectivity index (χ4v) is 2.61. The van der Waals surface area contributed by atoms with E-state index in [4.69, 9.17) is 9.47 Å². The van der Waals surface area contributed by atoms with Crippen LogP contribution < -0.4 is 0 Å². The fraction of sp³-hybridized carbons (Fsp3) is 0.500. The Hall–Kier alpha value is -2.10. The molecule has 0 aromatic heterocycles. The highest BCUT2D eigenvalue weighted by Crippen LogP contribution is 2.18. The highest BCUT2D eigenvalue weighted by molar-refractivity contribution is 6.83. The molecule has 0 unspecified atom stereocenters. The van der Waals surface area contributed by atoms with E-state index in [1.807, 2.05) is 6.07 Å². The second-order valence-corrected chi connectivity index (χ2v) is 12.9. The van der Waals surface area contributed by atoms with Crippen molar-refractivity contribution >= 4 is 20.0 Å². The lowest BCUT2D eigenvalue weighted by Crippen LogP contribution is -2.26. The van der Waals surface area contributed by atoms with Crippen LogP contribution >= 0.6 is 0 Å². The van der Waals surface area contributed by atoms with Gasteiger partial charge in [-0.2, -0.15) is 0 Å². The van der Waals surface area contributed by atoms with E-state index in [-0.39, 0.29) is 18.8 Å². The third-order valence-electron chi connectivity index (χ3n) is 3.22. The number of carbonyl (C=O) groups is 2. The average molecular weight is 377 g/mol. The summed E-state index contributed by atoms with van der Waals surface area (Å²) in [6.07, 6.45) is 0. The molecule has 1 N–H and O–H groups in total. The topological polar surface area (TPSA) is 72.8 Å². The van der Waals surface area contributed by atoms with Crippen molar-refractivity contribution in [2.24, 2.45) is 0 Å². The highest BCUT2D eigenvalue weighted by Gasteiger charge is 2.17. The molecule has 5 nitrogen and oxygen atoms in total. The highest BCUT2D eigenvalue weighted by atomic mass is 28.3. The van der Waals surface area contributed by atoms with Crippen LogP contribution in [0.2, 0.25) is 19.6 Å². The predicted octanol–water partition coefficient (Wildman–Crippen LogP) is 3.78. The van der Waals surface area contributed by atoms with Gasteiger partial charge in [-0.15, -0.1) is 5.54 Å². The normalized spacial score (nSPS) is 11.5. The van der Waals surface area contributed by atoms with Crippen LogP contribution in [0, 0.1) is 18.4 Å². The monoisotopic (exact) mass is 376 g/mol. The SMILES string of the molecule is Cc1c(COCC(=O)OC(C)(C)C)cc(C#C[Si](C)(C)C)cc1C(=O)O. The molecule has 142 valence electrons. The second-order valence-electron chi connectivity index (χ2n) is 8.19. The Kier molecular flexibility index (Phi) is 7.19. The largest absolute Gasteiger partial charge is 0.478 e. The molecular weight excluding hydrogens is 348 g/mol. The van der Waals surface area contributed by atoms with Crippen molar-refractivity contribution in [3.05, 3.63) is 34.4 Å². The molecule has 0 amide bonds. The molecular formula is C20H28O5Si. The summed E-state index contributed by atoms with van der Waals surface area (Å²) in [6.45, 7) is 13.4. The molecule has 0 bridgehead atoms. The Labute approximate surface area is 156 Å². The number of carbonyl (C=O) groups excluding carboxylic acids is 1. The fourth-order valence-electron chi connectivity index (χ4n) is 2.09. The molecule has 1 aromatic carbocycles. The molecule has 0 heterocycles. The van der Waals surface area contributed by atoms with Gasteiger partial charge in [-0.05, 0) is 51.0 Å². The zero-order chi connectivity index (χ0) is 20.1. The van der Waals surface area contributed by atoms with Crippen molar-refractivity contribution < 1.29 is 24.2 Å². The number of rotatable bonds is 5. The summed E-state index contributed by atoms with van der Waals surface area (Å²) in [5.74, 6) is 1.62. The molecule has 1 rings (SSSR count). The van der Waals surface area contributed by atoms with Gasteiger partial charge in [0, 0.05) is 5.56 Å². The summed E-state index contributed by atoms with van der Waals surface area (Å²) in [5, 5.41) is 9.43. The van der Waals surface area contributed by atoms with Gasteiger partial charge in [0.15, 0.2) is 0 Å². The lowest BCUT2D eigenvalue weighted by molar-refractivity contribution is -0.160. The van der Waals surface area contributed by atoms with E-state index in [0.717, 1.165) is 0 Å². The maximum absolute atomic E-state index is 11.7. The average Bonchev–Trinajstić information content (AvgIpc) is 2.44. The van der Waals surface area contributed by atoms with E-state index in [1.54, 1.807) is 33.8 Å². The molecule has 0 radical (unpaired) electrons. The van der Waals surface area contributed by atoms with Gasteiger partial charge in [0.1, 0.15) is 20.3 Å². The number of benzene rings is 1. The Morgan fingerprint density at radius 3 is 2.31 bits per heavy atom. The van der Waals surface area contributed by atoms with Gasteiger partial charge in [0.25, 0.3) is 0 Å². The van der Waals surface area contributed by atoms with Crippen molar-refractivity contribution in [1.82, 2.24) is 0 Å². The summed E-state index contributed by atoms with van der Waals surface area (Å²) in [5.41, 5.74) is 4.82. The van der Waals surface area contributed by atoms with Crippen LogP contribution in [0.3, 0.4) is 0 Å². The molecule has 0 atom stereocenters. The molecule has 0 aliphatic rings. The van der Waals surface area contributed by atoms with Crippen LogP contribution in [0.25, 0.3) is 0 Å². The first kappa shape index (κ1) is 21.9. The Balaban J connectivity index is 2.99. The summed E-state index contributed by atoms with van der Waals surface area (Å²) in [6, 6.07) is 3.41. The number of carboxylic acid groups (broad SMARTS) is 1. The van der Waals surface area contributed by atoms with Gasteiger partial charge < -0.3 is 14.6 Å². The Bertz CT molecular complexity index is 742. The molecule has 6 heteroatoms.